The minimum absolute atomic E-state index is 0.258. The van der Waals surface area contributed by atoms with Crippen LogP contribution in [0.25, 0.3) is 22.2 Å². The van der Waals surface area contributed by atoms with Gasteiger partial charge in [-0.1, -0.05) is 6.07 Å². The molecule has 0 atom stereocenters. The van der Waals surface area contributed by atoms with Gasteiger partial charge in [-0.3, -0.25) is 0 Å². The number of rotatable bonds is 1. The van der Waals surface area contributed by atoms with Crippen LogP contribution in [0.1, 0.15) is 5.56 Å². The average molecular weight is 392 g/mol. The number of anilines is 1. The smallest absolute Gasteiger partial charge is 0.398 e. The quantitative estimate of drug-likeness (QED) is 0.469. The number of benzene rings is 1. The van der Waals surface area contributed by atoms with Crippen LogP contribution in [0.5, 0.6) is 0 Å². The lowest BCUT2D eigenvalue weighted by molar-refractivity contribution is -0.137. The maximum absolute atomic E-state index is 13.2. The fourth-order valence-electron chi connectivity index (χ4n) is 2.15. The average Bonchev–Trinajstić information content (AvgIpc) is 2.86. The number of fused-ring (bicyclic) bond motifs is 1. The maximum Gasteiger partial charge on any atom is 0.419 e. The Morgan fingerprint density at radius 3 is 2.68 bits per heavy atom. The summed E-state index contributed by atoms with van der Waals surface area (Å²) in [5.41, 5.74) is 5.85. The van der Waals surface area contributed by atoms with Crippen LogP contribution < -0.4 is 5.73 Å². The van der Waals surface area contributed by atoms with Gasteiger partial charge in [-0.25, -0.2) is 9.97 Å². The van der Waals surface area contributed by atoms with Gasteiger partial charge in [-0.2, -0.15) is 13.2 Å². The van der Waals surface area contributed by atoms with Crippen molar-refractivity contribution in [2.75, 3.05) is 5.73 Å². The van der Waals surface area contributed by atoms with Gasteiger partial charge in [-0.15, -0.1) is 0 Å². The summed E-state index contributed by atoms with van der Waals surface area (Å²) in [6.07, 6.45) is -2.48. The molecule has 0 unspecified atom stereocenters. The molecule has 0 amide bonds. The highest BCUT2D eigenvalue weighted by atomic mass is 79.9. The summed E-state index contributed by atoms with van der Waals surface area (Å²) < 4.78 is 40.0. The topological polar surface area (TPSA) is 67.6 Å². The highest BCUT2D eigenvalue weighted by molar-refractivity contribution is 9.10. The molecule has 0 aliphatic carbocycles. The van der Waals surface area contributed by atoms with E-state index in [1.807, 2.05) is 0 Å². The van der Waals surface area contributed by atoms with Crippen molar-refractivity contribution in [1.82, 2.24) is 15.0 Å². The molecule has 22 heavy (non-hydrogen) atoms. The molecule has 2 aromatic heterocycles. The van der Waals surface area contributed by atoms with E-state index >= 15 is 0 Å². The molecular weight excluding hydrogens is 385 g/mol. The van der Waals surface area contributed by atoms with Crippen LogP contribution >= 0.6 is 27.5 Å². The first kappa shape index (κ1) is 15.1. The van der Waals surface area contributed by atoms with Crippen LogP contribution in [-0.2, 0) is 6.18 Å². The third-order valence-electron chi connectivity index (χ3n) is 3.14. The molecule has 3 N–H and O–H groups in total. The van der Waals surface area contributed by atoms with Crippen molar-refractivity contribution in [2.45, 2.75) is 6.18 Å². The Hall–Kier alpha value is -1.80. The molecule has 2 heterocycles. The van der Waals surface area contributed by atoms with E-state index in [1.165, 1.54) is 6.20 Å². The van der Waals surface area contributed by atoms with E-state index < -0.39 is 11.7 Å². The molecule has 0 saturated heterocycles. The molecule has 1 aromatic carbocycles. The zero-order valence-corrected chi connectivity index (χ0v) is 13.0. The van der Waals surface area contributed by atoms with Crippen LogP contribution in [0.4, 0.5) is 18.9 Å². The summed E-state index contributed by atoms with van der Waals surface area (Å²) >= 11 is 8.96. The van der Waals surface area contributed by atoms with E-state index in [0.717, 1.165) is 0 Å². The van der Waals surface area contributed by atoms with Gasteiger partial charge in [0.15, 0.2) is 0 Å². The third-order valence-corrected chi connectivity index (χ3v) is 4.18. The number of H-pyrrole nitrogens is 1. The molecule has 3 aromatic rings. The fourth-order valence-corrected chi connectivity index (χ4v) is 2.74. The first-order valence-electron chi connectivity index (χ1n) is 5.94. The Balaban J connectivity index is 2.33. The van der Waals surface area contributed by atoms with Gasteiger partial charge >= 0.3 is 6.18 Å². The van der Waals surface area contributed by atoms with Gasteiger partial charge in [0.05, 0.1) is 15.7 Å². The second-order valence-electron chi connectivity index (χ2n) is 4.49. The van der Waals surface area contributed by atoms with Crippen molar-refractivity contribution in [3.05, 3.63) is 39.8 Å². The fraction of sp³-hybridized carbons (Fsp3) is 0.0769. The van der Waals surface area contributed by atoms with Crippen molar-refractivity contribution < 1.29 is 13.2 Å². The van der Waals surface area contributed by atoms with E-state index in [9.17, 15) is 13.2 Å². The van der Waals surface area contributed by atoms with E-state index in [0.29, 0.717) is 27.3 Å². The van der Waals surface area contributed by atoms with Gasteiger partial charge in [0, 0.05) is 29.0 Å². The standard InChI is InChI=1S/C13H7BrClF3N4/c14-9-8(19)2-1-5-6(3-20-11(5)9)10-7(13(16,17)18)4-21-12(15)22-10/h1-4,20H,19H2. The number of aromatic amines is 1. The predicted molar refractivity (Wildman–Crippen MR) is 81.4 cm³/mol. The molecule has 0 bridgehead atoms. The molecule has 3 rings (SSSR count). The Labute approximate surface area is 135 Å². The molecule has 0 aliphatic rings. The molecule has 114 valence electrons. The minimum Gasteiger partial charge on any atom is -0.398 e. The van der Waals surface area contributed by atoms with E-state index in [-0.39, 0.29) is 16.5 Å². The van der Waals surface area contributed by atoms with Gasteiger partial charge in [-0.05, 0) is 33.6 Å². The minimum atomic E-state index is -4.59. The zero-order chi connectivity index (χ0) is 16.1. The summed E-state index contributed by atoms with van der Waals surface area (Å²) in [6, 6.07) is 3.22. The maximum atomic E-state index is 13.2. The number of nitrogens with two attached hydrogens (primary N) is 1. The number of nitrogens with one attached hydrogen (secondary N) is 1. The number of hydrogen-bond donors (Lipinski definition) is 2. The van der Waals surface area contributed by atoms with Crippen molar-refractivity contribution >= 4 is 44.1 Å². The van der Waals surface area contributed by atoms with Crippen molar-refractivity contribution in [2.24, 2.45) is 0 Å². The summed E-state index contributed by atoms with van der Waals surface area (Å²) in [5, 5.41) is 0.285. The molecule has 9 heteroatoms. The second kappa shape index (κ2) is 5.13. The summed E-state index contributed by atoms with van der Waals surface area (Å²) in [6.45, 7) is 0. The summed E-state index contributed by atoms with van der Waals surface area (Å²) in [4.78, 5) is 10.1. The highest BCUT2D eigenvalue weighted by Crippen LogP contribution is 2.40. The Morgan fingerprint density at radius 2 is 2.00 bits per heavy atom. The lowest BCUT2D eigenvalue weighted by atomic mass is 10.1. The number of halogens is 5. The number of alkyl halides is 3. The molecule has 0 saturated carbocycles. The lowest BCUT2D eigenvalue weighted by Crippen LogP contribution is -2.09. The third kappa shape index (κ3) is 2.42. The zero-order valence-electron chi connectivity index (χ0n) is 10.7. The van der Waals surface area contributed by atoms with Crippen LogP contribution in [0.15, 0.2) is 29.0 Å². The monoisotopic (exact) mass is 390 g/mol. The Kier molecular flexibility index (Phi) is 3.53. The number of nitrogens with zero attached hydrogens (tertiary/aromatic N) is 2. The second-order valence-corrected chi connectivity index (χ2v) is 5.62. The summed E-state index contributed by atoms with van der Waals surface area (Å²) in [5.74, 6) is 0. The van der Waals surface area contributed by atoms with E-state index in [4.69, 9.17) is 17.3 Å². The predicted octanol–water partition coefficient (Wildman–Crippen LogP) is 4.64. The van der Waals surface area contributed by atoms with Gasteiger partial charge in [0.2, 0.25) is 5.28 Å². The van der Waals surface area contributed by atoms with Crippen LogP contribution in [0.3, 0.4) is 0 Å². The first-order chi connectivity index (χ1) is 10.3. The van der Waals surface area contributed by atoms with Crippen molar-refractivity contribution in [1.29, 1.82) is 0 Å². The van der Waals surface area contributed by atoms with Gasteiger partial charge < -0.3 is 10.7 Å². The Morgan fingerprint density at radius 1 is 1.27 bits per heavy atom. The van der Waals surface area contributed by atoms with Crippen molar-refractivity contribution in [3.8, 4) is 11.3 Å². The lowest BCUT2D eigenvalue weighted by Gasteiger charge is -2.11. The highest BCUT2D eigenvalue weighted by Gasteiger charge is 2.36. The molecule has 0 fully saturated rings. The van der Waals surface area contributed by atoms with Crippen LogP contribution in [-0.4, -0.2) is 15.0 Å². The number of hydrogen-bond acceptors (Lipinski definition) is 3. The van der Waals surface area contributed by atoms with Gasteiger partial charge in [0.1, 0.15) is 5.56 Å². The number of nitrogen functional groups attached to an aromatic ring is 1. The molecular formula is C13H7BrClF3N4. The summed E-state index contributed by atoms with van der Waals surface area (Å²) in [7, 11) is 0. The van der Waals surface area contributed by atoms with Crippen molar-refractivity contribution in [3.63, 3.8) is 0 Å². The van der Waals surface area contributed by atoms with Gasteiger partial charge in [0.25, 0.3) is 0 Å². The van der Waals surface area contributed by atoms with E-state index in [1.54, 1.807) is 12.1 Å². The Bertz CT molecular complexity index is 876. The largest absolute Gasteiger partial charge is 0.419 e. The SMILES string of the molecule is Nc1ccc2c(-c3nc(Cl)ncc3C(F)(F)F)c[nH]c2c1Br. The molecule has 0 radical (unpaired) electrons. The number of aromatic nitrogens is 3. The van der Waals surface area contributed by atoms with Crippen LogP contribution in [0.2, 0.25) is 5.28 Å². The molecule has 0 spiro atoms. The van der Waals surface area contributed by atoms with Crippen LogP contribution in [0, 0.1) is 0 Å². The molecule has 0 aliphatic heterocycles. The normalized spacial score (nSPS) is 12.0. The van der Waals surface area contributed by atoms with E-state index in [2.05, 4.69) is 30.9 Å². The first-order valence-corrected chi connectivity index (χ1v) is 7.11. The molecule has 4 nitrogen and oxygen atoms in total.